The number of nitrogens with two attached hydrogens (primary N) is 1. The van der Waals surface area contributed by atoms with Crippen LogP contribution in [0.1, 0.15) is 16.1 Å². The third kappa shape index (κ3) is 5.73. The standard InChI is InChI=1S/C33H31N3O9/c1-40-25-15-23-24(16-26(25)45-18-19-7-6-12-35(39)17-19)32(37)36(22-10-8-21(34)9-11-22)30(33(38)44-5)29(23)20-13-27(41-2)31(43-4)28(14-20)42-3/h6-17H,18,34H2,1-5H3. The number of carbonyl (C=O) groups is 1. The van der Waals surface area contributed by atoms with Crippen LogP contribution < -0.4 is 39.7 Å². The van der Waals surface area contributed by atoms with E-state index < -0.39 is 11.5 Å². The van der Waals surface area contributed by atoms with Crippen molar-refractivity contribution in [2.24, 2.45) is 0 Å². The van der Waals surface area contributed by atoms with Gasteiger partial charge < -0.3 is 39.4 Å². The number of nitrogens with zero attached hydrogens (tertiary/aromatic N) is 2. The van der Waals surface area contributed by atoms with E-state index in [2.05, 4.69) is 0 Å². The van der Waals surface area contributed by atoms with Crippen LogP contribution in [-0.2, 0) is 11.3 Å². The van der Waals surface area contributed by atoms with Crippen LogP contribution in [0.3, 0.4) is 0 Å². The van der Waals surface area contributed by atoms with Gasteiger partial charge in [0.1, 0.15) is 12.3 Å². The summed E-state index contributed by atoms with van der Waals surface area (Å²) in [6.45, 7) is 0.0249. The van der Waals surface area contributed by atoms with E-state index in [4.69, 9.17) is 34.2 Å². The Balaban J connectivity index is 1.90. The molecule has 0 spiro atoms. The van der Waals surface area contributed by atoms with E-state index in [0.717, 1.165) is 0 Å². The lowest BCUT2D eigenvalue weighted by molar-refractivity contribution is -0.606. The Morgan fingerprint density at radius 1 is 0.844 bits per heavy atom. The molecule has 2 heterocycles. The van der Waals surface area contributed by atoms with Gasteiger partial charge in [0.25, 0.3) is 5.56 Å². The Kier molecular flexibility index (Phi) is 8.66. The first-order valence-corrected chi connectivity index (χ1v) is 13.6. The molecule has 0 unspecified atom stereocenters. The lowest BCUT2D eigenvalue weighted by Crippen LogP contribution is -2.27. The van der Waals surface area contributed by atoms with Gasteiger partial charge in [-0.1, -0.05) is 0 Å². The van der Waals surface area contributed by atoms with E-state index >= 15 is 0 Å². The Labute approximate surface area is 258 Å². The first-order valence-electron chi connectivity index (χ1n) is 13.6. The molecule has 45 heavy (non-hydrogen) atoms. The van der Waals surface area contributed by atoms with Crippen LogP contribution in [0.5, 0.6) is 28.7 Å². The molecule has 0 aliphatic rings. The normalized spacial score (nSPS) is 10.8. The number of pyridine rings is 2. The minimum absolute atomic E-state index is 0.0249. The summed E-state index contributed by atoms with van der Waals surface area (Å²) in [5.41, 5.74) is 7.58. The predicted molar refractivity (Wildman–Crippen MR) is 167 cm³/mol. The van der Waals surface area contributed by atoms with E-state index in [1.54, 1.807) is 60.7 Å². The molecule has 232 valence electrons. The van der Waals surface area contributed by atoms with E-state index in [0.29, 0.717) is 55.4 Å². The highest BCUT2D eigenvalue weighted by atomic mass is 16.5. The van der Waals surface area contributed by atoms with Gasteiger partial charge >= 0.3 is 5.97 Å². The third-order valence-corrected chi connectivity index (χ3v) is 7.18. The van der Waals surface area contributed by atoms with Gasteiger partial charge in [-0.3, -0.25) is 9.36 Å². The van der Waals surface area contributed by atoms with Crippen molar-refractivity contribution >= 4 is 22.4 Å². The number of anilines is 1. The maximum Gasteiger partial charge on any atom is 0.355 e. The maximum absolute atomic E-state index is 14.4. The average molecular weight is 614 g/mol. The topological polar surface area (TPSA) is 147 Å². The van der Waals surface area contributed by atoms with Crippen molar-refractivity contribution in [2.75, 3.05) is 41.3 Å². The number of benzene rings is 3. The van der Waals surface area contributed by atoms with Gasteiger partial charge in [0.05, 0.1) is 46.5 Å². The highest BCUT2D eigenvalue weighted by molar-refractivity contribution is 6.08. The van der Waals surface area contributed by atoms with Gasteiger partial charge in [-0.2, -0.15) is 4.73 Å². The summed E-state index contributed by atoms with van der Waals surface area (Å²) >= 11 is 0. The Morgan fingerprint density at radius 3 is 2.07 bits per heavy atom. The zero-order valence-electron chi connectivity index (χ0n) is 25.3. The van der Waals surface area contributed by atoms with Crippen molar-refractivity contribution in [3.63, 3.8) is 0 Å². The van der Waals surface area contributed by atoms with Crippen molar-refractivity contribution in [1.29, 1.82) is 0 Å². The first-order chi connectivity index (χ1) is 21.7. The van der Waals surface area contributed by atoms with Gasteiger partial charge in [-0.05, 0) is 60.2 Å². The van der Waals surface area contributed by atoms with E-state index in [1.165, 1.54) is 52.5 Å². The molecule has 0 atom stereocenters. The molecule has 0 radical (unpaired) electrons. The van der Waals surface area contributed by atoms with Gasteiger partial charge in [0, 0.05) is 28.4 Å². The molecule has 5 rings (SSSR count). The summed E-state index contributed by atoms with van der Waals surface area (Å²) in [5.74, 6) is 0.742. The highest BCUT2D eigenvalue weighted by Crippen LogP contribution is 2.45. The molecular weight excluding hydrogens is 582 g/mol. The number of hydrogen-bond acceptors (Lipinski definition) is 10. The number of carbonyl (C=O) groups excluding carboxylic acids is 1. The van der Waals surface area contributed by atoms with Crippen LogP contribution in [0.25, 0.3) is 27.6 Å². The Hall–Kier alpha value is -5.91. The van der Waals surface area contributed by atoms with Gasteiger partial charge in [-0.15, -0.1) is 0 Å². The molecule has 0 amide bonds. The monoisotopic (exact) mass is 613 g/mol. The number of esters is 1. The Bertz CT molecular complexity index is 1930. The number of aromatic nitrogens is 2. The fraction of sp³-hybridized carbons (Fsp3) is 0.182. The average Bonchev–Trinajstić information content (AvgIpc) is 3.06. The Morgan fingerprint density at radius 2 is 1.49 bits per heavy atom. The number of methoxy groups -OCH3 is 5. The van der Waals surface area contributed by atoms with Crippen LogP contribution in [-0.4, -0.2) is 46.1 Å². The molecule has 3 aromatic carbocycles. The molecule has 0 fully saturated rings. The smallest absolute Gasteiger partial charge is 0.355 e. The van der Waals surface area contributed by atoms with Crippen LogP contribution in [0.15, 0.2) is 77.9 Å². The van der Waals surface area contributed by atoms with Crippen molar-refractivity contribution in [3.8, 4) is 45.6 Å². The summed E-state index contributed by atoms with van der Waals surface area (Å²) in [7, 11) is 7.12. The molecule has 0 saturated carbocycles. The van der Waals surface area contributed by atoms with Crippen LogP contribution >= 0.6 is 0 Å². The molecule has 0 saturated heterocycles. The van der Waals surface area contributed by atoms with E-state index in [9.17, 15) is 14.8 Å². The molecule has 5 aromatic rings. The number of hydrogen-bond donors (Lipinski definition) is 1. The molecular formula is C33H31N3O9. The molecule has 12 heteroatoms. The lowest BCUT2D eigenvalue weighted by Gasteiger charge is -2.21. The fourth-order valence-corrected chi connectivity index (χ4v) is 5.10. The zero-order valence-corrected chi connectivity index (χ0v) is 25.3. The van der Waals surface area contributed by atoms with Gasteiger partial charge in [-0.25, -0.2) is 4.79 Å². The summed E-state index contributed by atoms with van der Waals surface area (Å²) < 4.78 is 35.6. The summed E-state index contributed by atoms with van der Waals surface area (Å²) in [6, 6.07) is 16.3. The minimum atomic E-state index is -0.774. The second-order valence-corrected chi connectivity index (χ2v) is 9.77. The number of ether oxygens (including phenoxy) is 6. The van der Waals surface area contributed by atoms with E-state index in [-0.39, 0.29) is 29.2 Å². The largest absolute Gasteiger partial charge is 0.619 e. The van der Waals surface area contributed by atoms with Crippen LogP contribution in [0.4, 0.5) is 5.69 Å². The zero-order chi connectivity index (χ0) is 32.2. The van der Waals surface area contributed by atoms with Crippen molar-refractivity contribution < 1.29 is 37.9 Å². The molecule has 2 N–H and O–H groups in total. The number of fused-ring (bicyclic) bond motifs is 1. The third-order valence-electron chi connectivity index (χ3n) is 7.18. The maximum atomic E-state index is 14.4. The van der Waals surface area contributed by atoms with Crippen molar-refractivity contribution in [3.05, 3.63) is 99.9 Å². The lowest BCUT2D eigenvalue weighted by atomic mass is 9.95. The number of nitrogen functional groups attached to an aromatic ring is 1. The predicted octanol–water partition coefficient (Wildman–Crippen LogP) is 4.27. The van der Waals surface area contributed by atoms with Crippen LogP contribution in [0.2, 0.25) is 0 Å². The van der Waals surface area contributed by atoms with Gasteiger partial charge in [0.2, 0.25) is 5.75 Å². The summed E-state index contributed by atoms with van der Waals surface area (Å²) in [5, 5.41) is 12.3. The molecule has 2 aromatic heterocycles. The highest BCUT2D eigenvalue weighted by Gasteiger charge is 2.28. The van der Waals surface area contributed by atoms with Gasteiger partial charge in [0.15, 0.2) is 35.4 Å². The molecule has 12 nitrogen and oxygen atoms in total. The second-order valence-electron chi connectivity index (χ2n) is 9.77. The number of rotatable bonds is 10. The SMILES string of the molecule is COC(=O)c1c(-c2cc(OC)c(OC)c(OC)c2)c2cc(OC)c(OCc3ccc[n+]([O-])c3)cc2c(=O)n1-c1ccc(N)cc1. The second kappa shape index (κ2) is 12.8. The molecule has 0 aliphatic heterocycles. The van der Waals surface area contributed by atoms with Crippen molar-refractivity contribution in [1.82, 2.24) is 4.57 Å². The fourth-order valence-electron chi connectivity index (χ4n) is 5.10. The quantitative estimate of drug-likeness (QED) is 0.105. The van der Waals surface area contributed by atoms with Crippen molar-refractivity contribution in [2.45, 2.75) is 6.61 Å². The first kappa shape index (κ1) is 30.5. The van der Waals surface area contributed by atoms with E-state index in [1.807, 2.05) is 0 Å². The molecule has 0 aliphatic carbocycles. The summed E-state index contributed by atoms with van der Waals surface area (Å²) in [6.07, 6.45) is 2.75. The summed E-state index contributed by atoms with van der Waals surface area (Å²) in [4.78, 5) is 28.0. The minimum Gasteiger partial charge on any atom is -0.619 e. The molecule has 0 bridgehead atoms. The van der Waals surface area contributed by atoms with Crippen LogP contribution in [0, 0.1) is 5.21 Å².